The highest BCUT2D eigenvalue weighted by Crippen LogP contribution is 1.93. The van der Waals surface area contributed by atoms with E-state index in [4.69, 9.17) is 0 Å². The maximum atomic E-state index is 11.5. The van der Waals surface area contributed by atoms with Gasteiger partial charge in [0.1, 0.15) is 5.69 Å². The second-order valence-electron chi connectivity index (χ2n) is 3.55. The summed E-state index contributed by atoms with van der Waals surface area (Å²) in [5.41, 5.74) is 1.17. The minimum absolute atomic E-state index is 0.175. The summed E-state index contributed by atoms with van der Waals surface area (Å²) in [6.07, 6.45) is 4.17. The van der Waals surface area contributed by atoms with Gasteiger partial charge in [0, 0.05) is 19.3 Å². The number of nitrogens with zero attached hydrogens (tertiary/aromatic N) is 2. The van der Waals surface area contributed by atoms with Gasteiger partial charge in [0.15, 0.2) is 0 Å². The number of rotatable bonds is 6. The summed E-state index contributed by atoms with van der Waals surface area (Å²) in [4.78, 5) is 19.6. The summed E-state index contributed by atoms with van der Waals surface area (Å²) >= 11 is 0. The third-order valence-corrected chi connectivity index (χ3v) is 2.03. The van der Waals surface area contributed by atoms with Crippen molar-refractivity contribution in [1.29, 1.82) is 0 Å². The van der Waals surface area contributed by atoms with Crippen LogP contribution in [0, 0.1) is 6.92 Å². The molecule has 0 saturated carbocycles. The third-order valence-electron chi connectivity index (χ3n) is 2.03. The van der Waals surface area contributed by atoms with E-state index in [1.807, 2.05) is 6.92 Å². The molecule has 0 spiro atoms. The summed E-state index contributed by atoms with van der Waals surface area (Å²) in [5.74, 6) is -0.175. The first-order valence-corrected chi connectivity index (χ1v) is 5.51. The van der Waals surface area contributed by atoms with Crippen LogP contribution in [0.5, 0.6) is 0 Å². The lowest BCUT2D eigenvalue weighted by Gasteiger charge is -2.05. The molecular weight excluding hydrogens is 204 g/mol. The molecule has 0 radical (unpaired) electrons. The second-order valence-corrected chi connectivity index (χ2v) is 3.55. The summed E-state index contributed by atoms with van der Waals surface area (Å²) in [6, 6.07) is 0. The van der Waals surface area contributed by atoms with Gasteiger partial charge >= 0.3 is 0 Å². The lowest BCUT2D eigenvalue weighted by atomic mass is 10.4. The molecule has 0 aromatic carbocycles. The van der Waals surface area contributed by atoms with Crippen molar-refractivity contribution in [3.8, 4) is 0 Å². The molecule has 0 aliphatic carbocycles. The molecule has 0 aliphatic heterocycles. The van der Waals surface area contributed by atoms with Crippen LogP contribution in [0.4, 0.5) is 0 Å². The van der Waals surface area contributed by atoms with Gasteiger partial charge in [0.2, 0.25) is 0 Å². The van der Waals surface area contributed by atoms with Crippen molar-refractivity contribution in [2.24, 2.45) is 0 Å². The van der Waals surface area contributed by atoms with Crippen molar-refractivity contribution >= 4 is 5.91 Å². The monoisotopic (exact) mass is 222 g/mol. The first kappa shape index (κ1) is 12.6. The lowest BCUT2D eigenvalue weighted by molar-refractivity contribution is 0.0948. The van der Waals surface area contributed by atoms with E-state index in [0.29, 0.717) is 12.2 Å². The Labute approximate surface area is 95.7 Å². The number of aryl methyl sites for hydroxylation is 1. The van der Waals surface area contributed by atoms with Crippen molar-refractivity contribution in [3.05, 3.63) is 23.8 Å². The fraction of sp³-hybridized carbons (Fsp3) is 0.545. The Morgan fingerprint density at radius 2 is 2.06 bits per heavy atom. The van der Waals surface area contributed by atoms with Crippen LogP contribution in [0.15, 0.2) is 12.4 Å². The van der Waals surface area contributed by atoms with E-state index in [2.05, 4.69) is 27.5 Å². The van der Waals surface area contributed by atoms with E-state index in [0.717, 1.165) is 25.2 Å². The predicted molar refractivity (Wildman–Crippen MR) is 62.3 cm³/mol. The topological polar surface area (TPSA) is 66.9 Å². The Hall–Kier alpha value is -1.49. The Morgan fingerprint density at radius 3 is 2.69 bits per heavy atom. The van der Waals surface area contributed by atoms with Crippen molar-refractivity contribution in [2.75, 3.05) is 19.6 Å². The molecule has 1 amide bonds. The smallest absolute Gasteiger partial charge is 0.271 e. The zero-order valence-electron chi connectivity index (χ0n) is 9.79. The molecule has 1 heterocycles. The second kappa shape index (κ2) is 6.90. The minimum Gasteiger partial charge on any atom is -0.349 e. The largest absolute Gasteiger partial charge is 0.349 e. The highest BCUT2D eigenvalue weighted by atomic mass is 16.1. The average Bonchev–Trinajstić information content (AvgIpc) is 2.29. The molecular formula is C11H18N4O. The zero-order chi connectivity index (χ0) is 11.8. The van der Waals surface area contributed by atoms with E-state index in [1.165, 1.54) is 6.20 Å². The average molecular weight is 222 g/mol. The highest BCUT2D eigenvalue weighted by molar-refractivity contribution is 5.91. The molecule has 0 atom stereocenters. The van der Waals surface area contributed by atoms with Crippen LogP contribution in [-0.4, -0.2) is 35.5 Å². The maximum absolute atomic E-state index is 11.5. The van der Waals surface area contributed by atoms with Gasteiger partial charge in [-0.1, -0.05) is 6.92 Å². The van der Waals surface area contributed by atoms with Crippen LogP contribution in [0.25, 0.3) is 0 Å². The highest BCUT2D eigenvalue weighted by Gasteiger charge is 2.05. The normalized spacial score (nSPS) is 10.1. The molecule has 0 saturated heterocycles. The van der Waals surface area contributed by atoms with E-state index < -0.39 is 0 Å². The maximum Gasteiger partial charge on any atom is 0.271 e. The van der Waals surface area contributed by atoms with Crippen LogP contribution < -0.4 is 10.6 Å². The quantitative estimate of drug-likeness (QED) is 0.688. The number of aromatic nitrogens is 2. The fourth-order valence-corrected chi connectivity index (χ4v) is 1.17. The van der Waals surface area contributed by atoms with Gasteiger partial charge in [0.05, 0.1) is 11.9 Å². The summed E-state index contributed by atoms with van der Waals surface area (Å²) in [5, 5.41) is 5.97. The van der Waals surface area contributed by atoms with Gasteiger partial charge in [-0.25, -0.2) is 4.98 Å². The van der Waals surface area contributed by atoms with E-state index in [1.54, 1.807) is 6.20 Å². The predicted octanol–water partition coefficient (Wildman–Crippen LogP) is 0.514. The van der Waals surface area contributed by atoms with E-state index in [-0.39, 0.29) is 5.91 Å². The first-order chi connectivity index (χ1) is 7.74. The third kappa shape index (κ3) is 4.35. The molecule has 5 heteroatoms. The molecule has 0 aliphatic rings. The van der Waals surface area contributed by atoms with Gasteiger partial charge < -0.3 is 10.6 Å². The lowest BCUT2D eigenvalue weighted by Crippen LogP contribution is -2.32. The molecule has 1 rings (SSSR count). The molecule has 0 bridgehead atoms. The van der Waals surface area contributed by atoms with Gasteiger partial charge in [-0.05, 0) is 19.9 Å². The summed E-state index contributed by atoms with van der Waals surface area (Å²) in [6.45, 7) is 6.30. The zero-order valence-corrected chi connectivity index (χ0v) is 9.79. The van der Waals surface area contributed by atoms with Gasteiger partial charge in [-0.15, -0.1) is 0 Å². The minimum atomic E-state index is -0.175. The van der Waals surface area contributed by atoms with Gasteiger partial charge in [-0.3, -0.25) is 9.78 Å². The molecule has 1 aromatic heterocycles. The van der Waals surface area contributed by atoms with Gasteiger partial charge in [-0.2, -0.15) is 0 Å². The molecule has 5 nitrogen and oxygen atoms in total. The fourth-order valence-electron chi connectivity index (χ4n) is 1.17. The molecule has 0 fully saturated rings. The molecule has 16 heavy (non-hydrogen) atoms. The summed E-state index contributed by atoms with van der Waals surface area (Å²) < 4.78 is 0. The molecule has 88 valence electrons. The SMILES string of the molecule is CCCNCCNC(=O)c1cnc(C)cn1. The van der Waals surface area contributed by atoms with Crippen LogP contribution in [0.2, 0.25) is 0 Å². The number of nitrogens with one attached hydrogen (secondary N) is 2. The van der Waals surface area contributed by atoms with E-state index >= 15 is 0 Å². The number of hydrogen-bond donors (Lipinski definition) is 2. The number of hydrogen-bond acceptors (Lipinski definition) is 4. The van der Waals surface area contributed by atoms with Gasteiger partial charge in [0.25, 0.3) is 5.91 Å². The van der Waals surface area contributed by atoms with Crippen LogP contribution in [0.1, 0.15) is 29.5 Å². The number of carbonyl (C=O) groups is 1. The van der Waals surface area contributed by atoms with Crippen molar-refractivity contribution < 1.29 is 4.79 Å². The van der Waals surface area contributed by atoms with Crippen LogP contribution >= 0.6 is 0 Å². The summed E-state index contributed by atoms with van der Waals surface area (Å²) in [7, 11) is 0. The van der Waals surface area contributed by atoms with Crippen molar-refractivity contribution in [1.82, 2.24) is 20.6 Å². The molecule has 2 N–H and O–H groups in total. The van der Waals surface area contributed by atoms with Crippen LogP contribution in [0.3, 0.4) is 0 Å². The number of amides is 1. The van der Waals surface area contributed by atoms with Crippen molar-refractivity contribution in [2.45, 2.75) is 20.3 Å². The van der Waals surface area contributed by atoms with Crippen molar-refractivity contribution in [3.63, 3.8) is 0 Å². The Bertz CT molecular complexity index is 323. The van der Waals surface area contributed by atoms with Crippen LogP contribution in [-0.2, 0) is 0 Å². The number of carbonyl (C=O) groups excluding carboxylic acids is 1. The van der Waals surface area contributed by atoms with E-state index in [9.17, 15) is 4.79 Å². The Balaban J connectivity index is 2.27. The standard InChI is InChI=1S/C11H18N4O/c1-3-4-12-5-6-13-11(16)10-8-14-9(2)7-15-10/h7-8,12H,3-6H2,1-2H3,(H,13,16). The Kier molecular flexibility index (Phi) is 5.42. The Morgan fingerprint density at radius 1 is 1.25 bits per heavy atom. The first-order valence-electron chi connectivity index (χ1n) is 5.51. The molecule has 1 aromatic rings. The molecule has 0 unspecified atom stereocenters.